The van der Waals surface area contributed by atoms with Gasteiger partial charge in [-0.2, -0.15) is 0 Å². The highest BCUT2D eigenvalue weighted by atomic mass is 35.5. The molecular weight excluding hydrogens is 260 g/mol. The summed E-state index contributed by atoms with van der Waals surface area (Å²) in [4.78, 5) is 16.0. The van der Waals surface area contributed by atoms with Crippen molar-refractivity contribution in [2.75, 3.05) is 5.32 Å². The number of anilines is 1. The molecule has 1 amide bonds. The van der Waals surface area contributed by atoms with E-state index in [9.17, 15) is 4.79 Å². The van der Waals surface area contributed by atoms with Gasteiger partial charge in [0.15, 0.2) is 5.15 Å². The summed E-state index contributed by atoms with van der Waals surface area (Å²) in [5.74, 6) is 0.259. The van der Waals surface area contributed by atoms with Crippen molar-refractivity contribution >= 4 is 23.2 Å². The smallest absolute Gasteiger partial charge is 0.255 e. The molecule has 0 fully saturated rings. The standard InChI is InChI=1S/C15H15ClN2O/c1-10(2)11-5-7-12(8-6-11)15(19)18-13-4-3-9-17-14(13)16/h3-10H,1-2H3,(H,18,19). The molecule has 4 heteroatoms. The number of hydrogen-bond acceptors (Lipinski definition) is 2. The van der Waals surface area contributed by atoms with E-state index in [1.165, 1.54) is 5.56 Å². The third kappa shape index (κ3) is 3.32. The molecule has 19 heavy (non-hydrogen) atoms. The van der Waals surface area contributed by atoms with Crippen LogP contribution in [0.4, 0.5) is 5.69 Å². The second-order valence-electron chi connectivity index (χ2n) is 4.57. The summed E-state index contributed by atoms with van der Waals surface area (Å²) in [7, 11) is 0. The molecular formula is C15H15ClN2O. The second-order valence-corrected chi connectivity index (χ2v) is 4.93. The number of aromatic nitrogens is 1. The number of carbonyl (C=O) groups excluding carboxylic acids is 1. The molecule has 1 heterocycles. The lowest BCUT2D eigenvalue weighted by Gasteiger charge is -2.08. The molecule has 1 aromatic carbocycles. The Bertz CT molecular complexity index is 579. The zero-order chi connectivity index (χ0) is 13.8. The number of carbonyl (C=O) groups is 1. The number of nitrogens with one attached hydrogen (secondary N) is 1. The van der Waals surface area contributed by atoms with Gasteiger partial charge in [0.05, 0.1) is 5.69 Å². The van der Waals surface area contributed by atoms with E-state index in [1.807, 2.05) is 24.3 Å². The maximum absolute atomic E-state index is 12.0. The first kappa shape index (κ1) is 13.6. The highest BCUT2D eigenvalue weighted by molar-refractivity contribution is 6.32. The van der Waals surface area contributed by atoms with Gasteiger partial charge in [-0.05, 0) is 35.7 Å². The van der Waals surface area contributed by atoms with Crippen LogP contribution in [0.1, 0.15) is 35.7 Å². The molecule has 0 radical (unpaired) electrons. The van der Waals surface area contributed by atoms with E-state index in [2.05, 4.69) is 24.1 Å². The van der Waals surface area contributed by atoms with Gasteiger partial charge in [-0.25, -0.2) is 4.98 Å². The van der Waals surface area contributed by atoms with Gasteiger partial charge in [0.2, 0.25) is 0 Å². The molecule has 2 aromatic rings. The summed E-state index contributed by atoms with van der Waals surface area (Å²) < 4.78 is 0. The van der Waals surface area contributed by atoms with Gasteiger partial charge in [-0.15, -0.1) is 0 Å². The molecule has 0 aliphatic carbocycles. The van der Waals surface area contributed by atoms with E-state index in [0.29, 0.717) is 17.2 Å². The van der Waals surface area contributed by atoms with Gasteiger partial charge in [-0.1, -0.05) is 37.6 Å². The summed E-state index contributed by atoms with van der Waals surface area (Å²) in [5.41, 5.74) is 2.32. The lowest BCUT2D eigenvalue weighted by atomic mass is 10.0. The van der Waals surface area contributed by atoms with Crippen LogP contribution in [0.3, 0.4) is 0 Å². The first-order chi connectivity index (χ1) is 9.08. The molecule has 3 nitrogen and oxygen atoms in total. The van der Waals surface area contributed by atoms with Crippen molar-refractivity contribution in [1.29, 1.82) is 0 Å². The number of amides is 1. The molecule has 0 aliphatic heterocycles. The fraction of sp³-hybridized carbons (Fsp3) is 0.200. The lowest BCUT2D eigenvalue weighted by molar-refractivity contribution is 0.102. The Kier molecular flexibility index (Phi) is 4.17. The van der Waals surface area contributed by atoms with Crippen LogP contribution < -0.4 is 5.32 Å². The third-order valence-corrected chi connectivity index (χ3v) is 3.15. The summed E-state index contributed by atoms with van der Waals surface area (Å²) in [6.07, 6.45) is 1.58. The maximum Gasteiger partial charge on any atom is 0.255 e. The van der Waals surface area contributed by atoms with Crippen LogP contribution in [-0.2, 0) is 0 Å². The molecule has 98 valence electrons. The average molecular weight is 275 g/mol. The summed E-state index contributed by atoms with van der Waals surface area (Å²) in [6, 6.07) is 11.0. The van der Waals surface area contributed by atoms with E-state index in [1.54, 1.807) is 18.3 Å². The Hall–Kier alpha value is -1.87. The van der Waals surface area contributed by atoms with Gasteiger partial charge < -0.3 is 5.32 Å². The minimum atomic E-state index is -0.190. The largest absolute Gasteiger partial charge is 0.319 e. The molecule has 1 aromatic heterocycles. The van der Waals surface area contributed by atoms with Crippen molar-refractivity contribution in [2.24, 2.45) is 0 Å². The van der Waals surface area contributed by atoms with Crippen molar-refractivity contribution < 1.29 is 4.79 Å². The van der Waals surface area contributed by atoms with Crippen LogP contribution in [0.15, 0.2) is 42.6 Å². The second kappa shape index (κ2) is 5.85. The zero-order valence-corrected chi connectivity index (χ0v) is 11.6. The van der Waals surface area contributed by atoms with E-state index in [-0.39, 0.29) is 11.1 Å². The minimum Gasteiger partial charge on any atom is -0.319 e. The first-order valence-electron chi connectivity index (χ1n) is 6.09. The van der Waals surface area contributed by atoms with Gasteiger partial charge in [-0.3, -0.25) is 4.79 Å². The average Bonchev–Trinajstić information content (AvgIpc) is 2.41. The Morgan fingerprint density at radius 1 is 1.21 bits per heavy atom. The maximum atomic E-state index is 12.0. The molecule has 2 rings (SSSR count). The van der Waals surface area contributed by atoms with E-state index >= 15 is 0 Å². The molecule has 1 N–H and O–H groups in total. The first-order valence-corrected chi connectivity index (χ1v) is 6.47. The molecule has 0 bridgehead atoms. The SMILES string of the molecule is CC(C)c1ccc(C(=O)Nc2cccnc2Cl)cc1. The predicted octanol–water partition coefficient (Wildman–Crippen LogP) is 4.11. The minimum absolute atomic E-state index is 0.190. The molecule has 0 unspecified atom stereocenters. The van der Waals surface area contributed by atoms with Crippen molar-refractivity contribution in [3.05, 3.63) is 58.9 Å². The molecule has 0 saturated heterocycles. The number of hydrogen-bond donors (Lipinski definition) is 1. The lowest BCUT2D eigenvalue weighted by Crippen LogP contribution is -2.12. The van der Waals surface area contributed by atoms with Crippen LogP contribution in [-0.4, -0.2) is 10.9 Å². The van der Waals surface area contributed by atoms with Crippen LogP contribution in [0.5, 0.6) is 0 Å². The van der Waals surface area contributed by atoms with E-state index in [0.717, 1.165) is 0 Å². The van der Waals surface area contributed by atoms with Crippen molar-refractivity contribution in [1.82, 2.24) is 4.98 Å². The van der Waals surface area contributed by atoms with E-state index in [4.69, 9.17) is 11.6 Å². The number of pyridine rings is 1. The van der Waals surface area contributed by atoms with Crippen LogP contribution >= 0.6 is 11.6 Å². The molecule has 0 aliphatic rings. The van der Waals surface area contributed by atoms with Crippen LogP contribution in [0.2, 0.25) is 5.15 Å². The number of nitrogens with zero attached hydrogens (tertiary/aromatic N) is 1. The summed E-state index contributed by atoms with van der Waals surface area (Å²) in [5, 5.41) is 3.03. The van der Waals surface area contributed by atoms with Gasteiger partial charge in [0, 0.05) is 11.8 Å². The Balaban J connectivity index is 2.14. The topological polar surface area (TPSA) is 42.0 Å². The Morgan fingerprint density at radius 3 is 2.47 bits per heavy atom. The van der Waals surface area contributed by atoms with Gasteiger partial charge in [0.25, 0.3) is 5.91 Å². The van der Waals surface area contributed by atoms with Crippen molar-refractivity contribution in [3.8, 4) is 0 Å². The third-order valence-electron chi connectivity index (χ3n) is 2.85. The summed E-state index contributed by atoms with van der Waals surface area (Å²) >= 11 is 5.90. The van der Waals surface area contributed by atoms with E-state index < -0.39 is 0 Å². The normalized spacial score (nSPS) is 10.5. The number of benzene rings is 1. The van der Waals surface area contributed by atoms with Crippen molar-refractivity contribution in [2.45, 2.75) is 19.8 Å². The molecule has 0 atom stereocenters. The molecule has 0 spiro atoms. The number of halogens is 1. The van der Waals surface area contributed by atoms with Gasteiger partial charge in [0.1, 0.15) is 0 Å². The fourth-order valence-electron chi connectivity index (χ4n) is 1.69. The highest BCUT2D eigenvalue weighted by Gasteiger charge is 2.09. The number of rotatable bonds is 3. The van der Waals surface area contributed by atoms with Crippen LogP contribution in [0.25, 0.3) is 0 Å². The Morgan fingerprint density at radius 2 is 1.89 bits per heavy atom. The fourth-order valence-corrected chi connectivity index (χ4v) is 1.86. The molecule has 0 saturated carbocycles. The van der Waals surface area contributed by atoms with Crippen LogP contribution in [0, 0.1) is 0 Å². The monoisotopic (exact) mass is 274 g/mol. The van der Waals surface area contributed by atoms with Gasteiger partial charge >= 0.3 is 0 Å². The quantitative estimate of drug-likeness (QED) is 0.856. The predicted molar refractivity (Wildman–Crippen MR) is 77.7 cm³/mol. The zero-order valence-electron chi connectivity index (χ0n) is 10.9. The summed E-state index contributed by atoms with van der Waals surface area (Å²) in [6.45, 7) is 4.23. The highest BCUT2D eigenvalue weighted by Crippen LogP contribution is 2.19. The Labute approximate surface area is 117 Å². The van der Waals surface area contributed by atoms with Crippen molar-refractivity contribution in [3.63, 3.8) is 0 Å².